The van der Waals surface area contributed by atoms with Gasteiger partial charge < -0.3 is 14.6 Å². The minimum absolute atomic E-state index is 0.278. The van der Waals surface area contributed by atoms with Crippen LogP contribution in [-0.4, -0.2) is 33.0 Å². The number of aromatic nitrogens is 3. The Balaban J connectivity index is 1.49. The zero-order valence-electron chi connectivity index (χ0n) is 20.0. The summed E-state index contributed by atoms with van der Waals surface area (Å²) >= 11 is 0. The summed E-state index contributed by atoms with van der Waals surface area (Å²) in [6.07, 6.45) is 0. The molecule has 176 valence electrons. The predicted molar refractivity (Wildman–Crippen MR) is 132 cm³/mol. The Morgan fingerprint density at radius 2 is 1.69 bits per heavy atom. The van der Waals surface area contributed by atoms with Gasteiger partial charge in [-0.05, 0) is 57.0 Å². The lowest BCUT2D eigenvalue weighted by atomic mass is 10.2. The lowest BCUT2D eigenvalue weighted by Crippen LogP contribution is -2.23. The van der Waals surface area contributed by atoms with Gasteiger partial charge in [-0.1, -0.05) is 30.3 Å². The Labute approximate surface area is 203 Å². The van der Waals surface area contributed by atoms with Crippen LogP contribution in [0.5, 0.6) is 0 Å². The molecule has 0 bridgehead atoms. The topological polar surface area (TPSA) is 110 Å². The molecule has 0 fully saturated rings. The van der Waals surface area contributed by atoms with Crippen molar-refractivity contribution in [1.82, 2.24) is 14.5 Å². The third-order valence-corrected chi connectivity index (χ3v) is 6.03. The van der Waals surface area contributed by atoms with Gasteiger partial charge in [0.2, 0.25) is 0 Å². The first-order chi connectivity index (χ1) is 16.8. The molecule has 0 radical (unpaired) electrons. The number of nitrogens with zero attached hydrogens (tertiary/aromatic N) is 4. The van der Waals surface area contributed by atoms with Crippen LogP contribution in [0.25, 0.3) is 11.0 Å². The number of hydrogen-bond donors (Lipinski definition) is 1. The first kappa shape index (κ1) is 23.6. The van der Waals surface area contributed by atoms with Gasteiger partial charge in [0.15, 0.2) is 6.61 Å². The number of fused-ring (bicyclic) bond motifs is 1. The SMILES string of the molecule is Cc1nc2ccc(C(=O)OCC(=O)Nc3c(C#N)c(C)c(C)n3Cc3ccccc3)cc2nc1C. The fourth-order valence-electron chi connectivity index (χ4n) is 3.83. The molecular weight excluding hydrogens is 442 g/mol. The summed E-state index contributed by atoms with van der Waals surface area (Å²) in [6.45, 7) is 7.47. The second kappa shape index (κ2) is 9.77. The quantitative estimate of drug-likeness (QED) is 0.422. The average Bonchev–Trinajstić information content (AvgIpc) is 3.07. The molecule has 0 saturated carbocycles. The minimum atomic E-state index is -0.644. The van der Waals surface area contributed by atoms with Crippen LogP contribution >= 0.6 is 0 Å². The van der Waals surface area contributed by atoms with E-state index in [1.807, 2.05) is 62.6 Å². The van der Waals surface area contributed by atoms with E-state index in [-0.39, 0.29) is 5.56 Å². The molecular formula is C27H25N5O3. The third-order valence-electron chi connectivity index (χ3n) is 6.03. The molecule has 0 atom stereocenters. The third kappa shape index (κ3) is 4.89. The normalized spacial score (nSPS) is 10.7. The summed E-state index contributed by atoms with van der Waals surface area (Å²) in [5, 5.41) is 12.5. The Morgan fingerprint density at radius 3 is 2.37 bits per heavy atom. The van der Waals surface area contributed by atoms with Gasteiger partial charge >= 0.3 is 5.97 Å². The van der Waals surface area contributed by atoms with Crippen LogP contribution in [0.2, 0.25) is 0 Å². The standard InChI is InChI=1S/C27H25N5O3/c1-16-19(4)32(14-20-8-6-5-7-9-20)26(22(16)13-28)31-25(33)15-35-27(34)21-10-11-23-24(12-21)30-18(3)17(2)29-23/h5-12H,14-15H2,1-4H3,(H,31,33). The van der Waals surface area contributed by atoms with Gasteiger partial charge in [0.25, 0.3) is 5.91 Å². The van der Waals surface area contributed by atoms with Crippen molar-refractivity contribution in [1.29, 1.82) is 5.26 Å². The summed E-state index contributed by atoms with van der Waals surface area (Å²) in [6, 6.07) is 16.8. The molecule has 2 heterocycles. The van der Waals surface area contributed by atoms with Crippen molar-refractivity contribution in [2.24, 2.45) is 0 Å². The van der Waals surface area contributed by atoms with Crippen molar-refractivity contribution in [2.45, 2.75) is 34.2 Å². The van der Waals surface area contributed by atoms with E-state index in [1.54, 1.807) is 18.2 Å². The lowest BCUT2D eigenvalue weighted by Gasteiger charge is -2.13. The highest BCUT2D eigenvalue weighted by atomic mass is 16.5. The maximum absolute atomic E-state index is 12.7. The number of anilines is 1. The Hall–Kier alpha value is -4.51. The Kier molecular flexibility index (Phi) is 6.60. The zero-order chi connectivity index (χ0) is 25.1. The second-order valence-electron chi connectivity index (χ2n) is 8.34. The number of amides is 1. The molecule has 0 aliphatic rings. The first-order valence-electron chi connectivity index (χ1n) is 11.1. The number of nitriles is 1. The number of rotatable bonds is 6. The van der Waals surface area contributed by atoms with E-state index in [2.05, 4.69) is 21.4 Å². The minimum Gasteiger partial charge on any atom is -0.452 e. The summed E-state index contributed by atoms with van der Waals surface area (Å²) in [4.78, 5) is 34.2. The summed E-state index contributed by atoms with van der Waals surface area (Å²) in [7, 11) is 0. The van der Waals surface area contributed by atoms with Crippen LogP contribution in [-0.2, 0) is 16.1 Å². The maximum atomic E-state index is 12.7. The lowest BCUT2D eigenvalue weighted by molar-refractivity contribution is -0.119. The van der Waals surface area contributed by atoms with Crippen molar-refractivity contribution in [2.75, 3.05) is 11.9 Å². The van der Waals surface area contributed by atoms with Crippen LogP contribution in [0.15, 0.2) is 48.5 Å². The molecule has 1 N–H and O–H groups in total. The molecule has 0 spiro atoms. The number of esters is 1. The Bertz CT molecular complexity index is 1480. The predicted octanol–water partition coefficient (Wildman–Crippen LogP) is 4.38. The first-order valence-corrected chi connectivity index (χ1v) is 11.1. The molecule has 2 aromatic carbocycles. The van der Waals surface area contributed by atoms with E-state index in [0.29, 0.717) is 29.0 Å². The molecule has 0 aliphatic carbocycles. The van der Waals surface area contributed by atoms with Crippen molar-refractivity contribution in [3.8, 4) is 6.07 Å². The van der Waals surface area contributed by atoms with Gasteiger partial charge in [-0.2, -0.15) is 5.26 Å². The fourth-order valence-corrected chi connectivity index (χ4v) is 3.83. The van der Waals surface area contributed by atoms with Crippen LogP contribution in [0, 0.1) is 39.0 Å². The van der Waals surface area contributed by atoms with Gasteiger partial charge in [0.1, 0.15) is 11.9 Å². The fraction of sp³-hybridized carbons (Fsp3) is 0.222. The van der Waals surface area contributed by atoms with Crippen molar-refractivity contribution < 1.29 is 14.3 Å². The smallest absolute Gasteiger partial charge is 0.338 e. The molecule has 4 rings (SSSR count). The second-order valence-corrected chi connectivity index (χ2v) is 8.34. The van der Waals surface area contributed by atoms with Crippen molar-refractivity contribution >= 4 is 28.7 Å². The molecule has 8 nitrogen and oxygen atoms in total. The van der Waals surface area contributed by atoms with Crippen LogP contribution in [0.3, 0.4) is 0 Å². The number of aryl methyl sites for hydroxylation is 2. The summed E-state index contributed by atoms with van der Waals surface area (Å²) in [5.41, 5.74) is 6.22. The van der Waals surface area contributed by atoms with Gasteiger partial charge in [0, 0.05) is 12.2 Å². The van der Waals surface area contributed by atoms with Crippen molar-refractivity contribution in [3.05, 3.63) is 87.9 Å². The zero-order valence-corrected chi connectivity index (χ0v) is 20.0. The highest BCUT2D eigenvalue weighted by Crippen LogP contribution is 2.27. The van der Waals surface area contributed by atoms with Crippen molar-refractivity contribution in [3.63, 3.8) is 0 Å². The van der Waals surface area contributed by atoms with E-state index in [9.17, 15) is 14.9 Å². The number of hydrogen-bond acceptors (Lipinski definition) is 6. The number of carbonyl (C=O) groups excluding carboxylic acids is 2. The van der Waals surface area contributed by atoms with Crippen LogP contribution in [0.1, 0.15) is 44.1 Å². The van der Waals surface area contributed by atoms with Crippen LogP contribution < -0.4 is 5.32 Å². The number of benzene rings is 2. The maximum Gasteiger partial charge on any atom is 0.338 e. The summed E-state index contributed by atoms with van der Waals surface area (Å²) < 4.78 is 7.13. The molecule has 0 unspecified atom stereocenters. The van der Waals surface area contributed by atoms with Crippen LogP contribution in [0.4, 0.5) is 5.82 Å². The van der Waals surface area contributed by atoms with Gasteiger partial charge in [-0.25, -0.2) is 14.8 Å². The molecule has 8 heteroatoms. The van der Waals surface area contributed by atoms with E-state index >= 15 is 0 Å². The van der Waals surface area contributed by atoms with E-state index in [1.165, 1.54) is 0 Å². The number of carbonyl (C=O) groups is 2. The van der Waals surface area contributed by atoms with Gasteiger partial charge in [-0.3, -0.25) is 4.79 Å². The van der Waals surface area contributed by atoms with E-state index in [0.717, 1.165) is 28.2 Å². The number of nitrogens with one attached hydrogen (secondary N) is 1. The molecule has 1 amide bonds. The monoisotopic (exact) mass is 467 g/mol. The average molecular weight is 468 g/mol. The summed E-state index contributed by atoms with van der Waals surface area (Å²) in [5.74, 6) is -0.789. The van der Waals surface area contributed by atoms with Gasteiger partial charge in [0.05, 0.1) is 33.5 Å². The largest absolute Gasteiger partial charge is 0.452 e. The highest BCUT2D eigenvalue weighted by molar-refractivity contribution is 5.97. The van der Waals surface area contributed by atoms with Gasteiger partial charge in [-0.15, -0.1) is 0 Å². The molecule has 2 aromatic heterocycles. The molecule has 0 aliphatic heterocycles. The van der Waals surface area contributed by atoms with E-state index in [4.69, 9.17) is 4.74 Å². The molecule has 35 heavy (non-hydrogen) atoms. The Morgan fingerprint density at radius 1 is 1.00 bits per heavy atom. The highest BCUT2D eigenvalue weighted by Gasteiger charge is 2.21. The molecule has 0 saturated heterocycles. The molecule has 4 aromatic rings. The number of ether oxygens (including phenoxy) is 1. The van der Waals surface area contributed by atoms with E-state index < -0.39 is 18.5 Å².